The molecule has 0 aliphatic carbocycles. The summed E-state index contributed by atoms with van der Waals surface area (Å²) in [6, 6.07) is 15.0. The molecule has 4 N–H and O–H groups in total. The largest absolute Gasteiger partial charge is 0.439 e. The third-order valence-corrected chi connectivity index (χ3v) is 6.05. The normalized spacial score (nSPS) is 11.0. The second kappa shape index (κ2) is 9.80. The molecule has 0 bridgehead atoms. The molecule has 12 heteroatoms. The van der Waals surface area contributed by atoms with E-state index in [2.05, 4.69) is 24.7 Å². The van der Waals surface area contributed by atoms with Gasteiger partial charge in [-0.15, -0.1) is 0 Å². The van der Waals surface area contributed by atoms with Gasteiger partial charge in [0.15, 0.2) is 5.75 Å². The molecule has 5 aromatic rings. The van der Waals surface area contributed by atoms with Gasteiger partial charge >= 0.3 is 0 Å². The second-order valence-electron chi connectivity index (χ2n) is 7.57. The van der Waals surface area contributed by atoms with E-state index in [9.17, 15) is 9.32 Å². The fourth-order valence-electron chi connectivity index (χ4n) is 3.66. The predicted molar refractivity (Wildman–Crippen MR) is 138 cm³/mol. The van der Waals surface area contributed by atoms with E-state index in [0.717, 1.165) is 0 Å². The lowest BCUT2D eigenvalue weighted by atomic mass is 10.1. The van der Waals surface area contributed by atoms with Gasteiger partial charge in [-0.2, -0.15) is 5.10 Å². The Morgan fingerprint density at radius 1 is 1.22 bits per heavy atom. The Hall–Kier alpha value is -4.22. The van der Waals surface area contributed by atoms with Crippen molar-refractivity contribution in [2.24, 2.45) is 0 Å². The minimum Gasteiger partial charge on any atom is -0.439 e. The van der Waals surface area contributed by atoms with Gasteiger partial charge in [0.05, 0.1) is 33.9 Å². The maximum absolute atomic E-state index is 13.2. The fraction of sp³-hybridized carbons (Fsp3) is 0.0417. The van der Waals surface area contributed by atoms with Crippen LogP contribution in [0.25, 0.3) is 16.6 Å². The highest BCUT2D eigenvalue weighted by Gasteiger charge is 2.21. The number of nitrogens with one attached hydrogen (secondary N) is 2. The minimum atomic E-state index is -0.386. The second-order valence-corrected chi connectivity index (χ2v) is 8.59. The zero-order valence-electron chi connectivity index (χ0n) is 18.7. The third kappa shape index (κ3) is 4.41. The van der Waals surface area contributed by atoms with Crippen LogP contribution in [0.1, 0.15) is 16.1 Å². The number of H-pyrrole nitrogens is 1. The van der Waals surface area contributed by atoms with Crippen LogP contribution in [-0.4, -0.2) is 31.8 Å². The maximum atomic E-state index is 13.2. The quantitative estimate of drug-likeness (QED) is 0.168. The molecule has 0 saturated carbocycles. The maximum Gasteiger partial charge on any atom is 0.219 e. The predicted octanol–water partition coefficient (Wildman–Crippen LogP) is 5.96. The van der Waals surface area contributed by atoms with Crippen molar-refractivity contribution < 1.29 is 19.0 Å². The van der Waals surface area contributed by atoms with Gasteiger partial charge in [-0.3, -0.25) is 9.74 Å². The highest BCUT2D eigenvalue weighted by atomic mass is 35.5. The summed E-state index contributed by atoms with van der Waals surface area (Å²) in [5, 5.41) is 5.17. The van der Waals surface area contributed by atoms with E-state index in [1.54, 1.807) is 54.9 Å². The lowest BCUT2D eigenvalue weighted by Crippen LogP contribution is -2.08. The molecular weight excluding hydrogens is 507 g/mol. The van der Waals surface area contributed by atoms with Crippen LogP contribution < -0.4 is 20.1 Å². The summed E-state index contributed by atoms with van der Waals surface area (Å²) >= 11 is 7.75. The Morgan fingerprint density at radius 3 is 2.81 bits per heavy atom. The van der Waals surface area contributed by atoms with E-state index < -0.39 is 0 Å². The van der Waals surface area contributed by atoms with Gasteiger partial charge in [-0.25, -0.2) is 9.67 Å². The summed E-state index contributed by atoms with van der Waals surface area (Å²) in [5.41, 5.74) is 8.24. The number of benzene rings is 2. The lowest BCUT2D eigenvalue weighted by Gasteiger charge is -2.10. The van der Waals surface area contributed by atoms with Crippen molar-refractivity contribution in [1.29, 1.82) is 0 Å². The Bertz CT molecular complexity index is 1570. The van der Waals surface area contributed by atoms with E-state index in [0.29, 0.717) is 38.9 Å². The van der Waals surface area contributed by atoms with E-state index >= 15 is 0 Å². The van der Waals surface area contributed by atoms with Crippen LogP contribution in [0.4, 0.5) is 16.0 Å². The summed E-state index contributed by atoms with van der Waals surface area (Å²) in [5.74, 6) is 0.634. The summed E-state index contributed by atoms with van der Waals surface area (Å²) < 4.78 is 23.0. The molecule has 5 rings (SSSR count). The average Bonchev–Trinajstić information content (AvgIpc) is 3.47. The number of nitrogens with zero attached hydrogens (tertiary/aromatic N) is 3. The van der Waals surface area contributed by atoms with Crippen LogP contribution in [0.3, 0.4) is 0 Å². The van der Waals surface area contributed by atoms with Gasteiger partial charge in [0, 0.05) is 40.0 Å². The Balaban J connectivity index is 1.43. The lowest BCUT2D eigenvalue weighted by molar-refractivity contribution is -0.00504. The molecule has 0 atom stereocenters. The first-order chi connectivity index (χ1) is 17.5. The molecule has 0 saturated heterocycles. The standard InChI is InChI=1S/C24H18ClFN6O3S/c1-36-31-18-11-17-13(9-21(18)35-26)8-19(30-17)23(33)15-12-29-32(24(15)27)20-6-5-14(10-16(20)25)34-22-4-2-3-7-28-22/h2-12,30-31H,27H2,1H3. The van der Waals surface area contributed by atoms with Gasteiger partial charge in [-0.1, -0.05) is 29.6 Å². The van der Waals surface area contributed by atoms with Crippen LogP contribution in [0.5, 0.6) is 17.4 Å². The molecule has 9 nitrogen and oxygen atoms in total. The van der Waals surface area contributed by atoms with E-state index in [1.165, 1.54) is 28.9 Å². The summed E-state index contributed by atoms with van der Waals surface area (Å²) in [4.78, 5) is 24.4. The summed E-state index contributed by atoms with van der Waals surface area (Å²) in [6.45, 7) is 0. The van der Waals surface area contributed by atoms with Crippen molar-refractivity contribution in [2.45, 2.75) is 0 Å². The molecule has 182 valence electrons. The molecular formula is C24H18ClFN6O3S. The van der Waals surface area contributed by atoms with Gasteiger partial charge in [0.2, 0.25) is 11.7 Å². The smallest absolute Gasteiger partial charge is 0.219 e. The average molecular weight is 525 g/mol. The van der Waals surface area contributed by atoms with Crippen molar-refractivity contribution >= 4 is 51.7 Å². The van der Waals surface area contributed by atoms with Crippen LogP contribution in [0.15, 0.2) is 67.0 Å². The molecule has 36 heavy (non-hydrogen) atoms. The Kier molecular flexibility index (Phi) is 6.40. The van der Waals surface area contributed by atoms with Gasteiger partial charge in [0.25, 0.3) is 0 Å². The fourth-order valence-corrected chi connectivity index (χ4v) is 4.29. The topological polar surface area (TPSA) is 120 Å². The Labute approximate surface area is 213 Å². The van der Waals surface area contributed by atoms with Crippen molar-refractivity contribution in [3.63, 3.8) is 0 Å². The molecule has 0 unspecified atom stereocenters. The summed E-state index contributed by atoms with van der Waals surface area (Å²) in [6.07, 6.45) is 4.79. The van der Waals surface area contributed by atoms with Crippen molar-refractivity contribution in [1.82, 2.24) is 19.7 Å². The van der Waals surface area contributed by atoms with Crippen LogP contribution in [0.2, 0.25) is 5.02 Å². The highest BCUT2D eigenvalue weighted by molar-refractivity contribution is 7.99. The molecule has 3 heterocycles. The molecule has 0 fully saturated rings. The highest BCUT2D eigenvalue weighted by Crippen LogP contribution is 2.34. The monoisotopic (exact) mass is 524 g/mol. The number of carbonyl (C=O) groups excluding carboxylic acids is 1. The van der Waals surface area contributed by atoms with Gasteiger partial charge < -0.3 is 20.2 Å². The molecule has 0 aliphatic rings. The molecule has 0 amide bonds. The number of ketones is 1. The van der Waals surface area contributed by atoms with Crippen molar-refractivity contribution in [3.05, 3.63) is 83.3 Å². The molecule has 3 aromatic heterocycles. The molecule has 0 radical (unpaired) electrons. The zero-order valence-corrected chi connectivity index (χ0v) is 20.2. The first kappa shape index (κ1) is 23.5. The van der Waals surface area contributed by atoms with Crippen LogP contribution >= 0.6 is 23.5 Å². The number of anilines is 2. The number of aromatic amines is 1. The van der Waals surface area contributed by atoms with Crippen molar-refractivity contribution in [3.8, 4) is 23.1 Å². The number of ether oxygens (including phenoxy) is 1. The van der Waals surface area contributed by atoms with Gasteiger partial charge in [-0.05, 0) is 36.4 Å². The number of pyridine rings is 1. The number of hydrogen-bond acceptors (Lipinski definition) is 8. The number of hydrogen-bond donors (Lipinski definition) is 3. The number of halogens is 2. The number of nitrogen functional groups attached to an aromatic ring is 1. The number of fused-ring (bicyclic) bond motifs is 1. The molecule has 0 aliphatic heterocycles. The SMILES string of the molecule is CSNc1cc2[nH]c(C(=O)c3cnn(-c4ccc(Oc5ccccn5)cc4Cl)c3N)cc2cc1OF. The first-order valence-electron chi connectivity index (χ1n) is 10.5. The third-order valence-electron chi connectivity index (χ3n) is 5.32. The first-order valence-corrected chi connectivity index (χ1v) is 12.1. The number of nitrogens with two attached hydrogens (primary N) is 1. The summed E-state index contributed by atoms with van der Waals surface area (Å²) in [7, 11) is 0. The van der Waals surface area contributed by atoms with Gasteiger partial charge in [0.1, 0.15) is 11.6 Å². The van der Waals surface area contributed by atoms with Crippen LogP contribution in [0, 0.1) is 0 Å². The number of rotatable bonds is 8. The molecule has 2 aromatic carbocycles. The Morgan fingerprint density at radius 2 is 2.08 bits per heavy atom. The number of carbonyl (C=O) groups is 1. The van der Waals surface area contributed by atoms with E-state index in [1.807, 2.05) is 6.07 Å². The van der Waals surface area contributed by atoms with E-state index in [4.69, 9.17) is 22.1 Å². The number of aromatic nitrogens is 4. The van der Waals surface area contributed by atoms with Crippen LogP contribution in [-0.2, 0) is 0 Å². The molecule has 0 spiro atoms. The zero-order chi connectivity index (χ0) is 25.2. The van der Waals surface area contributed by atoms with E-state index in [-0.39, 0.29) is 28.6 Å². The minimum absolute atomic E-state index is 0.00676. The van der Waals surface area contributed by atoms with Crippen molar-refractivity contribution in [2.75, 3.05) is 16.7 Å².